The van der Waals surface area contributed by atoms with Crippen LogP contribution in [0.5, 0.6) is 11.5 Å². The van der Waals surface area contributed by atoms with Crippen molar-refractivity contribution in [1.82, 2.24) is 0 Å². The first-order chi connectivity index (χ1) is 9.56. The molecule has 0 aromatic heterocycles. The number of aromatic carboxylic acids is 1. The Hall–Kier alpha value is -2.20. The van der Waals surface area contributed by atoms with E-state index in [0.717, 1.165) is 0 Å². The SMILES string of the molecule is COc1ccc(-c2cc(Cl)ccc2C(=O)O)cc1OC. The normalized spacial score (nSPS) is 10.2. The zero-order valence-electron chi connectivity index (χ0n) is 11.0. The Kier molecular flexibility index (Phi) is 4.15. The number of benzene rings is 2. The molecule has 0 heterocycles. The van der Waals surface area contributed by atoms with Gasteiger partial charge in [-0.15, -0.1) is 0 Å². The quantitative estimate of drug-likeness (QED) is 0.933. The number of carboxylic acids is 1. The van der Waals surface area contributed by atoms with Crippen molar-refractivity contribution in [2.24, 2.45) is 0 Å². The summed E-state index contributed by atoms with van der Waals surface area (Å²) in [5.74, 6) is 0.0999. The summed E-state index contributed by atoms with van der Waals surface area (Å²) in [6, 6.07) is 9.86. The van der Waals surface area contributed by atoms with Gasteiger partial charge in [0.1, 0.15) is 0 Å². The van der Waals surface area contributed by atoms with E-state index in [0.29, 0.717) is 27.6 Å². The third kappa shape index (κ3) is 2.70. The third-order valence-electron chi connectivity index (χ3n) is 2.91. The Balaban J connectivity index is 2.61. The zero-order valence-corrected chi connectivity index (χ0v) is 11.8. The molecule has 4 nitrogen and oxygen atoms in total. The molecule has 0 saturated heterocycles. The van der Waals surface area contributed by atoms with Gasteiger partial charge in [0, 0.05) is 5.02 Å². The van der Waals surface area contributed by atoms with Gasteiger partial charge in [-0.1, -0.05) is 17.7 Å². The maximum atomic E-state index is 11.3. The van der Waals surface area contributed by atoms with E-state index in [9.17, 15) is 9.90 Å². The maximum Gasteiger partial charge on any atom is 0.336 e. The Morgan fingerprint density at radius 2 is 1.75 bits per heavy atom. The molecule has 0 aliphatic rings. The van der Waals surface area contributed by atoms with Gasteiger partial charge in [0.05, 0.1) is 19.8 Å². The number of halogens is 1. The Morgan fingerprint density at radius 3 is 2.35 bits per heavy atom. The molecule has 0 fully saturated rings. The second-order valence-electron chi connectivity index (χ2n) is 4.06. The van der Waals surface area contributed by atoms with Gasteiger partial charge in [-0.2, -0.15) is 0 Å². The molecule has 0 aliphatic heterocycles. The average Bonchev–Trinajstić information content (AvgIpc) is 2.46. The van der Waals surface area contributed by atoms with Crippen LogP contribution in [0.4, 0.5) is 0 Å². The molecule has 20 heavy (non-hydrogen) atoms. The van der Waals surface area contributed by atoms with Crippen LogP contribution >= 0.6 is 11.6 Å². The summed E-state index contributed by atoms with van der Waals surface area (Å²) in [6.45, 7) is 0. The van der Waals surface area contributed by atoms with Gasteiger partial charge in [-0.3, -0.25) is 0 Å². The van der Waals surface area contributed by atoms with E-state index >= 15 is 0 Å². The lowest BCUT2D eigenvalue weighted by Gasteiger charge is -2.11. The highest BCUT2D eigenvalue weighted by atomic mass is 35.5. The highest BCUT2D eigenvalue weighted by Crippen LogP contribution is 2.34. The molecular formula is C15H13ClO4. The van der Waals surface area contributed by atoms with Crippen LogP contribution < -0.4 is 9.47 Å². The molecule has 0 radical (unpaired) electrons. The average molecular weight is 293 g/mol. The number of ether oxygens (including phenoxy) is 2. The lowest BCUT2D eigenvalue weighted by molar-refractivity contribution is 0.0697. The van der Waals surface area contributed by atoms with Gasteiger partial charge in [0.25, 0.3) is 0 Å². The molecule has 2 rings (SSSR count). The summed E-state index contributed by atoms with van der Waals surface area (Å²) < 4.78 is 10.4. The smallest absolute Gasteiger partial charge is 0.336 e. The summed E-state index contributed by atoms with van der Waals surface area (Å²) in [5, 5.41) is 9.72. The summed E-state index contributed by atoms with van der Waals surface area (Å²) in [6.07, 6.45) is 0. The molecule has 1 N–H and O–H groups in total. The van der Waals surface area contributed by atoms with E-state index in [1.54, 1.807) is 37.4 Å². The van der Waals surface area contributed by atoms with Crippen molar-refractivity contribution in [3.63, 3.8) is 0 Å². The molecule has 0 amide bonds. The topological polar surface area (TPSA) is 55.8 Å². The summed E-state index contributed by atoms with van der Waals surface area (Å²) in [7, 11) is 3.07. The fourth-order valence-electron chi connectivity index (χ4n) is 1.95. The number of hydrogen-bond acceptors (Lipinski definition) is 3. The number of methoxy groups -OCH3 is 2. The number of hydrogen-bond donors (Lipinski definition) is 1. The van der Waals surface area contributed by atoms with Gasteiger partial charge in [0.15, 0.2) is 11.5 Å². The molecule has 104 valence electrons. The Morgan fingerprint density at radius 1 is 1.05 bits per heavy atom. The van der Waals surface area contributed by atoms with Crippen LogP contribution in [-0.2, 0) is 0 Å². The maximum absolute atomic E-state index is 11.3. The fraction of sp³-hybridized carbons (Fsp3) is 0.133. The van der Waals surface area contributed by atoms with E-state index in [-0.39, 0.29) is 5.56 Å². The zero-order chi connectivity index (χ0) is 14.7. The Bertz CT molecular complexity index is 652. The summed E-state index contributed by atoms with van der Waals surface area (Å²) in [4.78, 5) is 11.3. The number of carbonyl (C=O) groups is 1. The van der Waals surface area contributed by atoms with Crippen LogP contribution in [0, 0.1) is 0 Å². The van der Waals surface area contributed by atoms with E-state index in [4.69, 9.17) is 21.1 Å². The van der Waals surface area contributed by atoms with Crippen molar-refractivity contribution >= 4 is 17.6 Å². The van der Waals surface area contributed by atoms with Crippen LogP contribution in [0.15, 0.2) is 36.4 Å². The molecule has 0 atom stereocenters. The highest BCUT2D eigenvalue weighted by molar-refractivity contribution is 6.31. The van der Waals surface area contributed by atoms with E-state index in [2.05, 4.69) is 0 Å². The molecular weight excluding hydrogens is 280 g/mol. The van der Waals surface area contributed by atoms with Crippen LogP contribution in [0.1, 0.15) is 10.4 Å². The monoisotopic (exact) mass is 292 g/mol. The van der Waals surface area contributed by atoms with Crippen molar-refractivity contribution in [1.29, 1.82) is 0 Å². The van der Waals surface area contributed by atoms with Crippen LogP contribution in [0.25, 0.3) is 11.1 Å². The second kappa shape index (κ2) is 5.84. The summed E-state index contributed by atoms with van der Waals surface area (Å²) >= 11 is 5.95. The Labute approximate surface area is 121 Å². The highest BCUT2D eigenvalue weighted by Gasteiger charge is 2.14. The van der Waals surface area contributed by atoms with Gasteiger partial charge < -0.3 is 14.6 Å². The number of carboxylic acid groups (broad SMARTS) is 1. The van der Waals surface area contributed by atoms with Crippen molar-refractivity contribution in [3.8, 4) is 22.6 Å². The van der Waals surface area contributed by atoms with Gasteiger partial charge in [0.2, 0.25) is 0 Å². The van der Waals surface area contributed by atoms with Crippen LogP contribution in [-0.4, -0.2) is 25.3 Å². The molecule has 0 unspecified atom stereocenters. The van der Waals surface area contributed by atoms with Crippen molar-refractivity contribution in [2.75, 3.05) is 14.2 Å². The molecule has 2 aromatic rings. The van der Waals surface area contributed by atoms with Gasteiger partial charge in [-0.25, -0.2) is 4.79 Å². The molecule has 2 aromatic carbocycles. The van der Waals surface area contributed by atoms with Crippen molar-refractivity contribution in [2.45, 2.75) is 0 Å². The largest absolute Gasteiger partial charge is 0.493 e. The predicted molar refractivity (Wildman–Crippen MR) is 77.0 cm³/mol. The third-order valence-corrected chi connectivity index (χ3v) is 3.14. The minimum atomic E-state index is -1.01. The van der Waals surface area contributed by atoms with Gasteiger partial charge >= 0.3 is 5.97 Å². The van der Waals surface area contributed by atoms with Crippen LogP contribution in [0.2, 0.25) is 5.02 Å². The molecule has 0 saturated carbocycles. The first-order valence-corrected chi connectivity index (χ1v) is 6.20. The minimum absolute atomic E-state index is 0.182. The molecule has 0 bridgehead atoms. The van der Waals surface area contributed by atoms with Crippen LogP contribution in [0.3, 0.4) is 0 Å². The van der Waals surface area contributed by atoms with E-state index in [1.165, 1.54) is 13.2 Å². The van der Waals surface area contributed by atoms with E-state index in [1.807, 2.05) is 0 Å². The standard InChI is InChI=1S/C15H13ClO4/c1-19-13-6-3-9(7-14(13)20-2)12-8-10(16)4-5-11(12)15(17)18/h3-8H,1-2H3,(H,17,18). The summed E-state index contributed by atoms with van der Waals surface area (Å²) in [5.41, 5.74) is 1.41. The van der Waals surface area contributed by atoms with Gasteiger partial charge in [-0.05, 0) is 41.5 Å². The minimum Gasteiger partial charge on any atom is -0.493 e. The fourth-order valence-corrected chi connectivity index (χ4v) is 2.12. The van der Waals surface area contributed by atoms with Crippen molar-refractivity contribution in [3.05, 3.63) is 47.0 Å². The van der Waals surface area contributed by atoms with E-state index < -0.39 is 5.97 Å². The second-order valence-corrected chi connectivity index (χ2v) is 4.50. The predicted octanol–water partition coefficient (Wildman–Crippen LogP) is 3.72. The lowest BCUT2D eigenvalue weighted by atomic mass is 9.99. The molecule has 0 aliphatic carbocycles. The molecule has 0 spiro atoms. The first kappa shape index (κ1) is 14.2. The number of rotatable bonds is 4. The first-order valence-electron chi connectivity index (χ1n) is 5.82. The lowest BCUT2D eigenvalue weighted by Crippen LogP contribution is -2.00. The molecule has 5 heteroatoms. The van der Waals surface area contributed by atoms with Crippen molar-refractivity contribution < 1.29 is 19.4 Å².